The Bertz CT molecular complexity index is 682. The zero-order valence-corrected chi connectivity index (χ0v) is 16.2. The highest BCUT2D eigenvalue weighted by Gasteiger charge is 2.29. The Hall–Kier alpha value is -0.780. The number of nitrogens with zero attached hydrogens (tertiary/aromatic N) is 2. The second kappa shape index (κ2) is 7.22. The summed E-state index contributed by atoms with van der Waals surface area (Å²) in [6, 6.07) is 2.00. The lowest BCUT2D eigenvalue weighted by molar-refractivity contribution is 0.213. The summed E-state index contributed by atoms with van der Waals surface area (Å²) in [4.78, 5) is 8.20. The normalized spacial score (nSPS) is 20.6. The summed E-state index contributed by atoms with van der Waals surface area (Å²) in [6.07, 6.45) is 9.87. The van der Waals surface area contributed by atoms with Gasteiger partial charge in [0.2, 0.25) is 0 Å². The van der Waals surface area contributed by atoms with Crippen molar-refractivity contribution in [3.63, 3.8) is 0 Å². The van der Waals surface area contributed by atoms with Crippen LogP contribution in [0.4, 0.5) is 10.1 Å². The van der Waals surface area contributed by atoms with Crippen LogP contribution in [-0.2, 0) is 0 Å². The number of halogens is 1. The molecule has 24 heavy (non-hydrogen) atoms. The second-order valence-corrected chi connectivity index (χ2v) is 9.41. The average molecular weight is 382 g/mol. The molecule has 1 aliphatic heterocycles. The minimum Gasteiger partial charge on any atom is -0.375 e. The third kappa shape index (κ3) is 3.44. The first-order chi connectivity index (χ1) is 11.7. The molecule has 3 nitrogen and oxygen atoms in total. The molecular formula is C18H24ClN3S2. The Morgan fingerprint density at radius 1 is 1.08 bits per heavy atom. The van der Waals surface area contributed by atoms with E-state index in [4.69, 9.17) is 17.3 Å². The molecule has 2 N–H and O–H groups in total. The molecule has 2 aromatic rings. The zero-order valence-electron chi connectivity index (χ0n) is 13.8. The van der Waals surface area contributed by atoms with Crippen molar-refractivity contribution in [1.29, 1.82) is 0 Å². The van der Waals surface area contributed by atoms with Crippen LogP contribution in [0, 0.1) is 11.8 Å². The summed E-state index contributed by atoms with van der Waals surface area (Å²) in [5, 5.41) is 4.63. The first-order valence-electron chi connectivity index (χ1n) is 8.96. The SMILES string of the molecule is Nc1nc(-c2cc(Cl)cs2)c(N2CCC(C3CCCCC3)CC2)s1. The van der Waals surface area contributed by atoms with E-state index in [9.17, 15) is 0 Å². The van der Waals surface area contributed by atoms with Crippen LogP contribution < -0.4 is 10.6 Å². The van der Waals surface area contributed by atoms with Gasteiger partial charge < -0.3 is 10.6 Å². The van der Waals surface area contributed by atoms with E-state index in [1.54, 1.807) is 22.7 Å². The lowest BCUT2D eigenvalue weighted by Gasteiger charge is -2.38. The number of thiophene rings is 1. The van der Waals surface area contributed by atoms with E-state index < -0.39 is 0 Å². The predicted octanol–water partition coefficient (Wildman–Crippen LogP) is 5.90. The predicted molar refractivity (Wildman–Crippen MR) is 106 cm³/mol. The number of rotatable bonds is 3. The molecule has 2 aliphatic rings. The zero-order chi connectivity index (χ0) is 16.5. The van der Waals surface area contributed by atoms with E-state index >= 15 is 0 Å². The van der Waals surface area contributed by atoms with Gasteiger partial charge in [-0.15, -0.1) is 11.3 Å². The Balaban J connectivity index is 1.47. The van der Waals surface area contributed by atoms with Gasteiger partial charge in [0.25, 0.3) is 0 Å². The first kappa shape index (κ1) is 16.7. The number of anilines is 2. The average Bonchev–Trinajstić information content (AvgIpc) is 3.21. The maximum atomic E-state index is 6.10. The van der Waals surface area contributed by atoms with Crippen molar-refractivity contribution in [2.45, 2.75) is 44.9 Å². The number of nitrogen functional groups attached to an aromatic ring is 1. The van der Waals surface area contributed by atoms with Crippen molar-refractivity contribution in [2.75, 3.05) is 23.7 Å². The van der Waals surface area contributed by atoms with Crippen molar-refractivity contribution >= 4 is 44.4 Å². The quantitative estimate of drug-likeness (QED) is 0.719. The summed E-state index contributed by atoms with van der Waals surface area (Å²) in [5.74, 6) is 1.90. The van der Waals surface area contributed by atoms with E-state index in [0.29, 0.717) is 5.13 Å². The van der Waals surface area contributed by atoms with E-state index in [1.165, 1.54) is 49.9 Å². The standard InChI is InChI=1S/C18H24ClN3S2/c19-14-10-15(23-11-14)16-17(24-18(20)21-16)22-8-6-13(7-9-22)12-4-2-1-3-5-12/h10-13H,1-9H2,(H2,20,21). The van der Waals surface area contributed by atoms with Crippen molar-refractivity contribution in [1.82, 2.24) is 4.98 Å². The summed E-state index contributed by atoms with van der Waals surface area (Å²) in [6.45, 7) is 2.27. The third-order valence-electron chi connectivity index (χ3n) is 5.57. The molecule has 4 rings (SSSR count). The Morgan fingerprint density at radius 2 is 1.79 bits per heavy atom. The molecule has 3 heterocycles. The molecular weight excluding hydrogens is 358 g/mol. The molecule has 0 bridgehead atoms. The molecule has 0 radical (unpaired) electrons. The third-order valence-corrected chi connectivity index (χ3v) is 7.80. The van der Waals surface area contributed by atoms with Crippen LogP contribution in [0.2, 0.25) is 5.02 Å². The van der Waals surface area contributed by atoms with Crippen molar-refractivity contribution in [2.24, 2.45) is 11.8 Å². The first-order valence-corrected chi connectivity index (χ1v) is 11.0. The second-order valence-electron chi connectivity index (χ2n) is 7.06. The number of hydrogen-bond donors (Lipinski definition) is 1. The molecule has 0 amide bonds. The largest absolute Gasteiger partial charge is 0.375 e. The molecule has 1 saturated heterocycles. The molecule has 2 aromatic heterocycles. The van der Waals surface area contributed by atoms with Gasteiger partial charge in [-0.05, 0) is 30.7 Å². The van der Waals surface area contributed by atoms with E-state index in [-0.39, 0.29) is 0 Å². The summed E-state index contributed by atoms with van der Waals surface area (Å²) < 4.78 is 0. The van der Waals surface area contributed by atoms with Crippen LogP contribution in [0.1, 0.15) is 44.9 Å². The lowest BCUT2D eigenvalue weighted by Crippen LogP contribution is -2.36. The van der Waals surface area contributed by atoms with Crippen LogP contribution in [-0.4, -0.2) is 18.1 Å². The van der Waals surface area contributed by atoms with Gasteiger partial charge in [-0.3, -0.25) is 0 Å². The number of thiazole rings is 1. The van der Waals surface area contributed by atoms with Gasteiger partial charge in [0, 0.05) is 18.5 Å². The van der Waals surface area contributed by atoms with Crippen LogP contribution in [0.3, 0.4) is 0 Å². The number of nitrogens with two attached hydrogens (primary N) is 1. The number of hydrogen-bond acceptors (Lipinski definition) is 5. The minimum atomic E-state index is 0.652. The van der Waals surface area contributed by atoms with Gasteiger partial charge in [0.05, 0.1) is 9.90 Å². The fourth-order valence-electron chi connectivity index (χ4n) is 4.32. The molecule has 2 fully saturated rings. The summed E-state index contributed by atoms with van der Waals surface area (Å²) >= 11 is 9.37. The smallest absolute Gasteiger partial charge is 0.182 e. The van der Waals surface area contributed by atoms with Gasteiger partial charge in [-0.25, -0.2) is 4.98 Å². The maximum Gasteiger partial charge on any atom is 0.182 e. The van der Waals surface area contributed by atoms with Gasteiger partial charge in [0.15, 0.2) is 5.13 Å². The highest BCUT2D eigenvalue weighted by Crippen LogP contribution is 2.43. The molecule has 0 unspecified atom stereocenters. The summed E-state index contributed by atoms with van der Waals surface area (Å²) in [5.41, 5.74) is 7.05. The van der Waals surface area contributed by atoms with Crippen LogP contribution in [0.5, 0.6) is 0 Å². The van der Waals surface area contributed by atoms with E-state index in [1.807, 2.05) is 11.4 Å². The van der Waals surface area contributed by atoms with Crippen molar-refractivity contribution in [3.05, 3.63) is 16.5 Å². The van der Waals surface area contributed by atoms with Crippen LogP contribution in [0.25, 0.3) is 10.6 Å². The molecule has 1 saturated carbocycles. The fraction of sp³-hybridized carbons (Fsp3) is 0.611. The van der Waals surface area contributed by atoms with Gasteiger partial charge in [-0.1, -0.05) is 55.0 Å². The number of piperidine rings is 1. The Morgan fingerprint density at radius 3 is 2.46 bits per heavy atom. The molecule has 0 spiro atoms. The summed E-state index contributed by atoms with van der Waals surface area (Å²) in [7, 11) is 0. The maximum absolute atomic E-state index is 6.10. The van der Waals surface area contributed by atoms with Gasteiger partial charge in [-0.2, -0.15) is 0 Å². The monoisotopic (exact) mass is 381 g/mol. The van der Waals surface area contributed by atoms with Crippen LogP contribution in [0.15, 0.2) is 11.4 Å². The topological polar surface area (TPSA) is 42.1 Å². The van der Waals surface area contributed by atoms with E-state index in [2.05, 4.69) is 9.88 Å². The van der Waals surface area contributed by atoms with E-state index in [0.717, 1.165) is 40.5 Å². The van der Waals surface area contributed by atoms with Crippen molar-refractivity contribution < 1.29 is 0 Å². The van der Waals surface area contributed by atoms with Gasteiger partial charge in [0.1, 0.15) is 10.7 Å². The molecule has 1 aliphatic carbocycles. The van der Waals surface area contributed by atoms with Crippen LogP contribution >= 0.6 is 34.3 Å². The molecule has 0 atom stereocenters. The lowest BCUT2D eigenvalue weighted by atomic mass is 9.76. The van der Waals surface area contributed by atoms with Gasteiger partial charge >= 0.3 is 0 Å². The molecule has 0 aromatic carbocycles. The fourth-order valence-corrected chi connectivity index (χ4v) is 6.35. The Kier molecular flexibility index (Phi) is 5.02. The number of aromatic nitrogens is 1. The molecule has 6 heteroatoms. The highest BCUT2D eigenvalue weighted by molar-refractivity contribution is 7.20. The molecule has 130 valence electrons. The van der Waals surface area contributed by atoms with Crippen molar-refractivity contribution in [3.8, 4) is 10.6 Å². The minimum absolute atomic E-state index is 0.652. The Labute approximate surface area is 156 Å². The highest BCUT2D eigenvalue weighted by atomic mass is 35.5.